The van der Waals surface area contributed by atoms with Crippen LogP contribution < -0.4 is 15.5 Å². The van der Waals surface area contributed by atoms with E-state index in [4.69, 9.17) is 11.6 Å². The highest BCUT2D eigenvalue weighted by Crippen LogP contribution is 2.20. The summed E-state index contributed by atoms with van der Waals surface area (Å²) >= 11 is 5.96. The number of nitrogens with one attached hydrogen (secondary N) is 2. The van der Waals surface area contributed by atoms with Crippen molar-refractivity contribution in [3.8, 4) is 0 Å². The standard InChI is InChI=1S/C19H20ClN3O3/c1-13(24)21-16-6-8-17(9-7-16)22-19(26)10-11-23(14(2)25)18-5-3-4-15(20)12-18/h3-9,12H,10-11H2,1-2H3,(H,21,24)(H,22,26). The number of rotatable bonds is 6. The van der Waals surface area contributed by atoms with E-state index in [1.807, 2.05) is 0 Å². The molecule has 0 spiro atoms. The highest BCUT2D eigenvalue weighted by Gasteiger charge is 2.14. The molecule has 0 radical (unpaired) electrons. The summed E-state index contributed by atoms with van der Waals surface area (Å²) in [6.45, 7) is 3.11. The molecule has 0 aliphatic heterocycles. The Balaban J connectivity index is 1.94. The van der Waals surface area contributed by atoms with Crippen LogP contribution in [-0.4, -0.2) is 24.3 Å². The van der Waals surface area contributed by atoms with Crippen molar-refractivity contribution in [1.29, 1.82) is 0 Å². The zero-order valence-corrected chi connectivity index (χ0v) is 15.3. The highest BCUT2D eigenvalue weighted by molar-refractivity contribution is 6.30. The second kappa shape index (κ2) is 9.01. The Labute approximate surface area is 157 Å². The van der Waals surface area contributed by atoms with Gasteiger partial charge in [-0.1, -0.05) is 17.7 Å². The quantitative estimate of drug-likeness (QED) is 0.810. The third kappa shape index (κ3) is 5.89. The molecule has 136 valence electrons. The minimum atomic E-state index is -0.217. The van der Waals surface area contributed by atoms with Crippen LogP contribution in [-0.2, 0) is 14.4 Å². The number of nitrogens with zero attached hydrogens (tertiary/aromatic N) is 1. The van der Waals surface area contributed by atoms with Crippen molar-refractivity contribution in [3.63, 3.8) is 0 Å². The molecule has 2 N–H and O–H groups in total. The molecule has 0 aromatic heterocycles. The lowest BCUT2D eigenvalue weighted by molar-refractivity contribution is -0.117. The number of amides is 3. The number of carbonyl (C=O) groups is 3. The molecule has 3 amide bonds. The van der Waals surface area contributed by atoms with Crippen molar-refractivity contribution in [1.82, 2.24) is 0 Å². The van der Waals surface area contributed by atoms with Crippen LogP contribution in [0.1, 0.15) is 20.3 Å². The lowest BCUT2D eigenvalue weighted by atomic mass is 10.2. The monoisotopic (exact) mass is 373 g/mol. The summed E-state index contributed by atoms with van der Waals surface area (Å²) in [4.78, 5) is 36.5. The van der Waals surface area contributed by atoms with Crippen LogP contribution in [0.25, 0.3) is 0 Å². The molecule has 2 rings (SSSR count). The van der Waals surface area contributed by atoms with Crippen LogP contribution in [0.15, 0.2) is 48.5 Å². The van der Waals surface area contributed by atoms with E-state index in [0.717, 1.165) is 0 Å². The SMILES string of the molecule is CC(=O)Nc1ccc(NC(=O)CCN(C(C)=O)c2cccc(Cl)c2)cc1. The highest BCUT2D eigenvalue weighted by atomic mass is 35.5. The smallest absolute Gasteiger partial charge is 0.226 e. The Morgan fingerprint density at radius 1 is 0.962 bits per heavy atom. The van der Waals surface area contributed by atoms with Gasteiger partial charge in [0.05, 0.1) is 0 Å². The average molecular weight is 374 g/mol. The summed E-state index contributed by atoms with van der Waals surface area (Å²) in [6, 6.07) is 13.7. The maximum atomic E-state index is 12.2. The van der Waals surface area contributed by atoms with E-state index in [1.54, 1.807) is 48.5 Å². The first-order valence-corrected chi connectivity index (χ1v) is 8.44. The topological polar surface area (TPSA) is 78.5 Å². The van der Waals surface area contributed by atoms with Crippen molar-refractivity contribution in [2.24, 2.45) is 0 Å². The summed E-state index contributed by atoms with van der Waals surface area (Å²) in [5, 5.41) is 5.94. The molecule has 0 aliphatic rings. The third-order valence-electron chi connectivity index (χ3n) is 3.55. The van der Waals surface area contributed by atoms with Crippen LogP contribution >= 0.6 is 11.6 Å². The molecule has 26 heavy (non-hydrogen) atoms. The van der Waals surface area contributed by atoms with Crippen LogP contribution in [0.3, 0.4) is 0 Å². The fraction of sp³-hybridized carbons (Fsp3) is 0.211. The summed E-state index contributed by atoms with van der Waals surface area (Å²) in [5.74, 6) is -0.544. The van der Waals surface area contributed by atoms with Crippen LogP contribution in [0.4, 0.5) is 17.1 Å². The van der Waals surface area contributed by atoms with Gasteiger partial charge in [0, 0.05) is 48.9 Å². The van der Waals surface area contributed by atoms with Crippen molar-refractivity contribution in [3.05, 3.63) is 53.6 Å². The number of hydrogen-bond acceptors (Lipinski definition) is 3. The molecule has 0 aliphatic carbocycles. The van der Waals surface area contributed by atoms with E-state index < -0.39 is 0 Å². The summed E-state index contributed by atoms with van der Waals surface area (Å²) < 4.78 is 0. The van der Waals surface area contributed by atoms with Gasteiger partial charge in [0.2, 0.25) is 17.7 Å². The second-order valence-corrected chi connectivity index (χ2v) is 6.14. The van der Waals surface area contributed by atoms with Gasteiger partial charge in [-0.2, -0.15) is 0 Å². The van der Waals surface area contributed by atoms with Gasteiger partial charge in [-0.15, -0.1) is 0 Å². The van der Waals surface area contributed by atoms with E-state index in [-0.39, 0.29) is 30.7 Å². The predicted octanol–water partition coefficient (Wildman–Crippen LogP) is 3.68. The van der Waals surface area contributed by atoms with Gasteiger partial charge in [-0.05, 0) is 42.5 Å². The molecule has 2 aromatic rings. The number of halogens is 1. The molecular weight excluding hydrogens is 354 g/mol. The number of anilines is 3. The fourth-order valence-electron chi connectivity index (χ4n) is 2.39. The zero-order valence-electron chi connectivity index (χ0n) is 14.6. The predicted molar refractivity (Wildman–Crippen MR) is 103 cm³/mol. The van der Waals surface area contributed by atoms with E-state index in [0.29, 0.717) is 22.1 Å². The molecule has 2 aromatic carbocycles. The molecule has 0 bridgehead atoms. The van der Waals surface area contributed by atoms with Gasteiger partial charge in [-0.3, -0.25) is 14.4 Å². The van der Waals surface area contributed by atoms with E-state index in [1.165, 1.54) is 18.7 Å². The average Bonchev–Trinajstić information content (AvgIpc) is 2.56. The number of carbonyl (C=O) groups excluding carboxylic acids is 3. The first-order chi connectivity index (χ1) is 12.3. The minimum Gasteiger partial charge on any atom is -0.326 e. The van der Waals surface area contributed by atoms with Gasteiger partial charge < -0.3 is 15.5 Å². The Morgan fingerprint density at radius 2 is 1.58 bits per heavy atom. The van der Waals surface area contributed by atoms with Gasteiger partial charge in [-0.25, -0.2) is 0 Å². The molecule has 0 heterocycles. The number of hydrogen-bond donors (Lipinski definition) is 2. The Hall–Kier alpha value is -2.86. The van der Waals surface area contributed by atoms with Gasteiger partial charge in [0.1, 0.15) is 0 Å². The first-order valence-electron chi connectivity index (χ1n) is 8.06. The molecule has 0 saturated heterocycles. The van der Waals surface area contributed by atoms with Crippen molar-refractivity contribution >= 4 is 46.4 Å². The van der Waals surface area contributed by atoms with E-state index in [2.05, 4.69) is 10.6 Å². The molecule has 6 nitrogen and oxygen atoms in total. The lowest BCUT2D eigenvalue weighted by Crippen LogP contribution is -2.31. The first kappa shape index (κ1) is 19.5. The summed E-state index contributed by atoms with van der Waals surface area (Å²) in [6.07, 6.45) is 0.138. The summed E-state index contributed by atoms with van der Waals surface area (Å²) in [5.41, 5.74) is 1.91. The third-order valence-corrected chi connectivity index (χ3v) is 3.79. The molecular formula is C19H20ClN3O3. The van der Waals surface area contributed by atoms with Crippen LogP contribution in [0, 0.1) is 0 Å². The maximum Gasteiger partial charge on any atom is 0.226 e. The Bertz CT molecular complexity index is 806. The van der Waals surface area contributed by atoms with Crippen molar-refractivity contribution in [2.75, 3.05) is 22.1 Å². The van der Waals surface area contributed by atoms with Gasteiger partial charge >= 0.3 is 0 Å². The van der Waals surface area contributed by atoms with Gasteiger partial charge in [0.15, 0.2) is 0 Å². The molecule has 7 heteroatoms. The van der Waals surface area contributed by atoms with Crippen molar-refractivity contribution in [2.45, 2.75) is 20.3 Å². The molecule has 0 atom stereocenters. The lowest BCUT2D eigenvalue weighted by Gasteiger charge is -2.21. The molecule has 0 fully saturated rings. The molecule has 0 unspecified atom stereocenters. The Kier molecular flexibility index (Phi) is 6.74. The minimum absolute atomic E-state index is 0.138. The van der Waals surface area contributed by atoms with Gasteiger partial charge in [0.25, 0.3) is 0 Å². The normalized spacial score (nSPS) is 10.1. The summed E-state index contributed by atoms with van der Waals surface area (Å²) in [7, 11) is 0. The fourth-order valence-corrected chi connectivity index (χ4v) is 2.57. The second-order valence-electron chi connectivity index (χ2n) is 5.71. The largest absolute Gasteiger partial charge is 0.326 e. The van der Waals surface area contributed by atoms with E-state index >= 15 is 0 Å². The maximum absolute atomic E-state index is 12.2. The van der Waals surface area contributed by atoms with Crippen molar-refractivity contribution < 1.29 is 14.4 Å². The Morgan fingerprint density at radius 3 is 2.12 bits per heavy atom. The zero-order chi connectivity index (χ0) is 19.1. The van der Waals surface area contributed by atoms with E-state index in [9.17, 15) is 14.4 Å². The number of benzene rings is 2. The van der Waals surface area contributed by atoms with Crippen LogP contribution in [0.2, 0.25) is 5.02 Å². The van der Waals surface area contributed by atoms with Crippen LogP contribution in [0.5, 0.6) is 0 Å². The molecule has 0 saturated carbocycles.